The van der Waals surface area contributed by atoms with E-state index in [1.165, 1.54) is 17.1 Å². The lowest BCUT2D eigenvalue weighted by Gasteiger charge is -2.26. The highest BCUT2D eigenvalue weighted by molar-refractivity contribution is 14.1. The minimum absolute atomic E-state index is 0.138. The lowest BCUT2D eigenvalue weighted by molar-refractivity contribution is -0.0666. The predicted molar refractivity (Wildman–Crippen MR) is 89.2 cm³/mol. The van der Waals surface area contributed by atoms with Crippen LogP contribution in [0.5, 0.6) is 0 Å². The average Bonchev–Trinajstić information content (AvgIpc) is 3.05. The molecule has 4 N–H and O–H groups in total. The maximum atomic E-state index is 10.7. The van der Waals surface area contributed by atoms with E-state index in [4.69, 9.17) is 16.9 Å². The first kappa shape index (κ1) is 16.0. The first-order valence-electron chi connectivity index (χ1n) is 6.58. The van der Waals surface area contributed by atoms with Gasteiger partial charge in [0, 0.05) is 10.6 Å². The molecule has 0 unspecified atom stereocenters. The van der Waals surface area contributed by atoms with Gasteiger partial charge < -0.3 is 25.3 Å². The SMILES string of the molecule is C#C[C@@]1(O)[C@H](O)[C@@H](CI)O[C@H]1n1cc(C#N)c2c(N)ncnc21. The number of nitrogen functional groups attached to an aromatic ring is 1. The van der Waals surface area contributed by atoms with Crippen LogP contribution in [0.15, 0.2) is 12.5 Å². The molecule has 2 aromatic heterocycles. The lowest BCUT2D eigenvalue weighted by Crippen LogP contribution is -2.45. The number of fused-ring (bicyclic) bond motifs is 1. The Hall–Kier alpha value is -1.92. The molecule has 1 fully saturated rings. The van der Waals surface area contributed by atoms with E-state index < -0.39 is 24.0 Å². The van der Waals surface area contributed by atoms with E-state index in [0.717, 1.165) is 0 Å². The molecule has 9 heteroatoms. The Balaban J connectivity index is 2.24. The van der Waals surface area contributed by atoms with Crippen molar-refractivity contribution in [2.75, 3.05) is 10.2 Å². The van der Waals surface area contributed by atoms with E-state index in [-0.39, 0.29) is 11.4 Å². The molecule has 4 atom stereocenters. The average molecular weight is 425 g/mol. The second-order valence-corrected chi connectivity index (χ2v) is 6.00. The van der Waals surface area contributed by atoms with Crippen molar-refractivity contribution in [1.82, 2.24) is 14.5 Å². The number of nitriles is 1. The van der Waals surface area contributed by atoms with Crippen molar-refractivity contribution in [3.05, 3.63) is 18.1 Å². The van der Waals surface area contributed by atoms with Crippen LogP contribution in [0, 0.1) is 23.7 Å². The molecule has 0 aliphatic carbocycles. The van der Waals surface area contributed by atoms with E-state index in [1.807, 2.05) is 28.7 Å². The number of ether oxygens (including phenoxy) is 1. The zero-order valence-corrected chi connectivity index (χ0v) is 13.9. The summed E-state index contributed by atoms with van der Waals surface area (Å²) in [5, 5.41) is 30.6. The van der Waals surface area contributed by atoms with Crippen molar-refractivity contribution in [2.24, 2.45) is 0 Å². The van der Waals surface area contributed by atoms with E-state index >= 15 is 0 Å². The van der Waals surface area contributed by atoms with Crippen LogP contribution in [-0.4, -0.2) is 47.0 Å². The summed E-state index contributed by atoms with van der Waals surface area (Å²) in [6.07, 6.45) is 5.10. The molecule has 118 valence electrons. The third-order valence-corrected chi connectivity index (χ3v) is 4.75. The Morgan fingerprint density at radius 3 is 2.91 bits per heavy atom. The van der Waals surface area contributed by atoms with Crippen molar-refractivity contribution in [2.45, 2.75) is 24.0 Å². The third kappa shape index (κ3) is 2.16. The van der Waals surface area contributed by atoms with Gasteiger partial charge in [0.2, 0.25) is 0 Å². The third-order valence-electron chi connectivity index (χ3n) is 3.88. The highest BCUT2D eigenvalue weighted by Crippen LogP contribution is 2.41. The van der Waals surface area contributed by atoms with Gasteiger partial charge in [-0.15, -0.1) is 6.42 Å². The van der Waals surface area contributed by atoms with E-state index in [1.54, 1.807) is 0 Å². The fourth-order valence-electron chi connectivity index (χ4n) is 2.70. The molecule has 0 aromatic carbocycles. The van der Waals surface area contributed by atoms with E-state index in [0.29, 0.717) is 15.5 Å². The summed E-state index contributed by atoms with van der Waals surface area (Å²) in [6, 6.07) is 2.00. The molecule has 8 nitrogen and oxygen atoms in total. The van der Waals surface area contributed by atoms with Gasteiger partial charge in [0.05, 0.1) is 17.1 Å². The van der Waals surface area contributed by atoms with Crippen LogP contribution in [0.2, 0.25) is 0 Å². The van der Waals surface area contributed by atoms with Crippen LogP contribution in [0.4, 0.5) is 5.82 Å². The maximum absolute atomic E-state index is 10.7. The molecule has 2 aromatic rings. The van der Waals surface area contributed by atoms with Gasteiger partial charge >= 0.3 is 0 Å². The smallest absolute Gasteiger partial charge is 0.199 e. The van der Waals surface area contributed by atoms with Gasteiger partial charge in [-0.2, -0.15) is 5.26 Å². The molecule has 1 aliphatic rings. The quantitative estimate of drug-likeness (QED) is 0.349. The minimum Gasteiger partial charge on any atom is -0.386 e. The molecule has 0 amide bonds. The Morgan fingerprint density at radius 2 is 2.30 bits per heavy atom. The second kappa shape index (κ2) is 5.62. The van der Waals surface area contributed by atoms with Crippen molar-refractivity contribution < 1.29 is 14.9 Å². The lowest BCUT2D eigenvalue weighted by atomic mass is 9.95. The molecule has 23 heavy (non-hydrogen) atoms. The molecule has 3 heterocycles. The van der Waals surface area contributed by atoms with Gasteiger partial charge in [-0.25, -0.2) is 9.97 Å². The summed E-state index contributed by atoms with van der Waals surface area (Å²) in [7, 11) is 0. The molecule has 0 radical (unpaired) electrons. The molecule has 1 saturated heterocycles. The van der Waals surface area contributed by atoms with Gasteiger partial charge in [0.15, 0.2) is 11.8 Å². The number of nitrogens with zero attached hydrogens (tertiary/aromatic N) is 4. The number of hydrogen-bond acceptors (Lipinski definition) is 7. The number of aromatic nitrogens is 3. The molecule has 3 rings (SSSR count). The van der Waals surface area contributed by atoms with Crippen LogP contribution in [-0.2, 0) is 4.74 Å². The highest BCUT2D eigenvalue weighted by Gasteiger charge is 2.55. The van der Waals surface area contributed by atoms with Gasteiger partial charge in [0.1, 0.15) is 30.0 Å². The summed E-state index contributed by atoms with van der Waals surface area (Å²) in [5.74, 6) is 2.35. The number of alkyl halides is 1. The van der Waals surface area contributed by atoms with Crippen LogP contribution in [0.25, 0.3) is 11.0 Å². The van der Waals surface area contributed by atoms with Crippen molar-refractivity contribution in [3.63, 3.8) is 0 Å². The Labute approximate surface area is 145 Å². The molecular weight excluding hydrogens is 413 g/mol. The van der Waals surface area contributed by atoms with E-state index in [2.05, 4.69) is 15.9 Å². The number of aliphatic hydroxyl groups is 2. The summed E-state index contributed by atoms with van der Waals surface area (Å²) in [5.41, 5.74) is 4.40. The number of anilines is 1. The Bertz CT molecular complexity index is 854. The summed E-state index contributed by atoms with van der Waals surface area (Å²) >= 11 is 2.03. The minimum atomic E-state index is -1.95. The number of aliphatic hydroxyl groups excluding tert-OH is 1. The number of nitrogens with two attached hydrogens (primary N) is 1. The van der Waals surface area contributed by atoms with Crippen molar-refractivity contribution >= 4 is 39.4 Å². The first-order chi connectivity index (χ1) is 11.0. The zero-order valence-electron chi connectivity index (χ0n) is 11.7. The van der Waals surface area contributed by atoms with Gasteiger partial charge in [-0.1, -0.05) is 28.5 Å². The van der Waals surface area contributed by atoms with Gasteiger partial charge in [0.25, 0.3) is 0 Å². The van der Waals surface area contributed by atoms with E-state index in [9.17, 15) is 15.5 Å². The van der Waals surface area contributed by atoms with Crippen LogP contribution in [0.3, 0.4) is 0 Å². The molecule has 1 aliphatic heterocycles. The van der Waals surface area contributed by atoms with Gasteiger partial charge in [-0.3, -0.25) is 0 Å². The molecule has 0 spiro atoms. The number of halogens is 1. The van der Waals surface area contributed by atoms with Crippen LogP contribution in [0.1, 0.15) is 11.8 Å². The summed E-state index contributed by atoms with van der Waals surface area (Å²) in [4.78, 5) is 7.97. The summed E-state index contributed by atoms with van der Waals surface area (Å²) in [6.45, 7) is 0. The van der Waals surface area contributed by atoms with Crippen LogP contribution >= 0.6 is 22.6 Å². The van der Waals surface area contributed by atoms with Crippen molar-refractivity contribution in [3.8, 4) is 18.4 Å². The fourth-order valence-corrected chi connectivity index (χ4v) is 3.39. The standard InChI is InChI=1S/C14H12IN5O3/c1-2-14(22)10(21)8(3-15)23-13(14)20-5-7(4-16)9-11(17)18-6-19-12(9)20/h1,5-6,8,10,13,21-22H,3H2,(H2,17,18,19)/t8-,10-,13-,14-/m1/s1. The van der Waals surface area contributed by atoms with Crippen molar-refractivity contribution in [1.29, 1.82) is 5.26 Å². The maximum Gasteiger partial charge on any atom is 0.199 e. The molecule has 0 bridgehead atoms. The normalized spacial score (nSPS) is 30.2. The fraction of sp³-hybridized carbons (Fsp3) is 0.357. The van der Waals surface area contributed by atoms with Gasteiger partial charge in [-0.05, 0) is 0 Å². The zero-order chi connectivity index (χ0) is 16.8. The topological polar surface area (TPSA) is 130 Å². The predicted octanol–water partition coefficient (Wildman–Crippen LogP) is -0.0572. The molecular formula is C14H12IN5O3. The number of hydrogen-bond donors (Lipinski definition) is 3. The Kier molecular flexibility index (Phi) is 3.90. The van der Waals surface area contributed by atoms with Crippen LogP contribution < -0.4 is 5.73 Å². The number of rotatable bonds is 2. The molecule has 0 saturated carbocycles. The number of terminal acetylenes is 1. The largest absolute Gasteiger partial charge is 0.386 e. The second-order valence-electron chi connectivity index (χ2n) is 5.12. The highest BCUT2D eigenvalue weighted by atomic mass is 127. The Morgan fingerprint density at radius 1 is 1.57 bits per heavy atom. The first-order valence-corrected chi connectivity index (χ1v) is 8.11. The summed E-state index contributed by atoms with van der Waals surface area (Å²) < 4.78 is 7.57. The monoisotopic (exact) mass is 425 g/mol.